The van der Waals surface area contributed by atoms with Gasteiger partial charge in [-0.25, -0.2) is 0 Å². The lowest BCUT2D eigenvalue weighted by atomic mass is 10.2. The molecule has 2 nitrogen and oxygen atoms in total. The molecular weight excluding hydrogens is 275 g/mol. The van der Waals surface area contributed by atoms with Crippen molar-refractivity contribution < 1.29 is 0 Å². The molecule has 0 amide bonds. The Morgan fingerprint density at radius 1 is 1.23 bits per heavy atom. The predicted octanol–water partition coefficient (Wildman–Crippen LogP) is 2.47. The molecule has 13 heavy (non-hydrogen) atoms. The van der Waals surface area contributed by atoms with Crippen molar-refractivity contribution >= 4 is 34.0 Å². The number of benzene rings is 1. The molecule has 0 aromatic heterocycles. The number of halogens is 1. The normalized spacial score (nSPS) is 16.5. The highest BCUT2D eigenvalue weighted by atomic mass is 127. The number of rotatable bonds is 1. The summed E-state index contributed by atoms with van der Waals surface area (Å²) in [5.41, 5.74) is 8.07. The Bertz CT molecular complexity index is 306. The SMILES string of the molecule is Nc1cc(I)ccc1N1CCCC1. The highest BCUT2D eigenvalue weighted by molar-refractivity contribution is 14.1. The molecule has 1 aliphatic rings. The Morgan fingerprint density at radius 3 is 2.54 bits per heavy atom. The van der Waals surface area contributed by atoms with E-state index in [1.54, 1.807) is 0 Å². The first kappa shape index (κ1) is 9.12. The maximum absolute atomic E-state index is 5.95. The number of hydrogen-bond donors (Lipinski definition) is 1. The molecule has 0 unspecified atom stereocenters. The van der Waals surface area contributed by atoms with Gasteiger partial charge in [0.15, 0.2) is 0 Å². The Kier molecular flexibility index (Phi) is 2.62. The molecule has 1 aliphatic heterocycles. The summed E-state index contributed by atoms with van der Waals surface area (Å²) in [5, 5.41) is 0. The van der Waals surface area contributed by atoms with Crippen molar-refractivity contribution in [2.24, 2.45) is 0 Å². The fraction of sp³-hybridized carbons (Fsp3) is 0.400. The third kappa shape index (κ3) is 1.90. The molecule has 1 heterocycles. The van der Waals surface area contributed by atoms with E-state index in [1.807, 2.05) is 6.07 Å². The van der Waals surface area contributed by atoms with Crippen molar-refractivity contribution in [3.05, 3.63) is 21.8 Å². The second-order valence-corrected chi connectivity index (χ2v) is 4.64. The smallest absolute Gasteiger partial charge is 0.0600 e. The summed E-state index contributed by atoms with van der Waals surface area (Å²) in [6, 6.07) is 6.28. The van der Waals surface area contributed by atoms with E-state index >= 15 is 0 Å². The van der Waals surface area contributed by atoms with Crippen LogP contribution >= 0.6 is 22.6 Å². The third-order valence-corrected chi connectivity index (χ3v) is 3.11. The lowest BCUT2D eigenvalue weighted by molar-refractivity contribution is 0.949. The summed E-state index contributed by atoms with van der Waals surface area (Å²) in [6.07, 6.45) is 2.59. The first-order valence-electron chi connectivity index (χ1n) is 4.57. The van der Waals surface area contributed by atoms with Crippen molar-refractivity contribution in [3.8, 4) is 0 Å². The van der Waals surface area contributed by atoms with Crippen molar-refractivity contribution in [2.45, 2.75) is 12.8 Å². The second-order valence-electron chi connectivity index (χ2n) is 3.40. The van der Waals surface area contributed by atoms with Crippen LogP contribution in [0.3, 0.4) is 0 Å². The number of hydrogen-bond acceptors (Lipinski definition) is 2. The van der Waals surface area contributed by atoms with E-state index in [2.05, 4.69) is 39.6 Å². The van der Waals surface area contributed by atoms with Gasteiger partial charge in [0.05, 0.1) is 11.4 Å². The van der Waals surface area contributed by atoms with Gasteiger partial charge in [0.1, 0.15) is 0 Å². The van der Waals surface area contributed by atoms with E-state index < -0.39 is 0 Å². The van der Waals surface area contributed by atoms with Crippen LogP contribution in [0.1, 0.15) is 12.8 Å². The summed E-state index contributed by atoms with van der Waals surface area (Å²) in [6.45, 7) is 2.32. The van der Waals surface area contributed by atoms with Crippen LogP contribution in [0.2, 0.25) is 0 Å². The molecule has 0 aliphatic carbocycles. The predicted molar refractivity (Wildman–Crippen MR) is 65.0 cm³/mol. The molecule has 0 spiro atoms. The quantitative estimate of drug-likeness (QED) is 0.635. The summed E-state index contributed by atoms with van der Waals surface area (Å²) >= 11 is 2.29. The Hall–Kier alpha value is -0.450. The molecule has 2 N–H and O–H groups in total. The van der Waals surface area contributed by atoms with Crippen LogP contribution < -0.4 is 10.6 Å². The van der Waals surface area contributed by atoms with Crippen molar-refractivity contribution in [1.82, 2.24) is 0 Å². The van der Waals surface area contributed by atoms with Gasteiger partial charge in [-0.05, 0) is 53.6 Å². The molecule has 0 atom stereocenters. The lowest BCUT2D eigenvalue weighted by Crippen LogP contribution is -2.18. The minimum Gasteiger partial charge on any atom is -0.397 e. The lowest BCUT2D eigenvalue weighted by Gasteiger charge is -2.19. The van der Waals surface area contributed by atoms with E-state index in [-0.39, 0.29) is 0 Å². The third-order valence-electron chi connectivity index (χ3n) is 2.44. The van der Waals surface area contributed by atoms with Crippen LogP contribution in [0, 0.1) is 3.57 Å². The summed E-state index contributed by atoms with van der Waals surface area (Å²) in [4.78, 5) is 2.37. The zero-order valence-corrected chi connectivity index (χ0v) is 9.62. The monoisotopic (exact) mass is 288 g/mol. The summed E-state index contributed by atoms with van der Waals surface area (Å²) in [5.74, 6) is 0. The maximum Gasteiger partial charge on any atom is 0.0600 e. The second kappa shape index (κ2) is 3.74. The van der Waals surface area contributed by atoms with E-state index in [0.717, 1.165) is 18.8 Å². The largest absolute Gasteiger partial charge is 0.397 e. The molecule has 70 valence electrons. The van der Waals surface area contributed by atoms with Gasteiger partial charge in [-0.3, -0.25) is 0 Å². The van der Waals surface area contributed by atoms with Crippen LogP contribution in [0.15, 0.2) is 18.2 Å². The molecule has 1 aromatic rings. The van der Waals surface area contributed by atoms with Crippen LogP contribution in [0.4, 0.5) is 11.4 Å². The topological polar surface area (TPSA) is 29.3 Å². The Morgan fingerprint density at radius 2 is 1.92 bits per heavy atom. The Labute approximate surface area is 92.2 Å². The average Bonchev–Trinajstić information content (AvgIpc) is 2.56. The molecule has 0 bridgehead atoms. The van der Waals surface area contributed by atoms with Crippen molar-refractivity contribution in [2.75, 3.05) is 23.7 Å². The van der Waals surface area contributed by atoms with E-state index in [0.29, 0.717) is 0 Å². The van der Waals surface area contributed by atoms with Crippen LogP contribution in [-0.4, -0.2) is 13.1 Å². The molecule has 2 rings (SSSR count). The Balaban J connectivity index is 2.29. The van der Waals surface area contributed by atoms with Gasteiger partial charge in [-0.2, -0.15) is 0 Å². The number of nitrogens with two attached hydrogens (primary N) is 1. The molecule has 0 saturated carbocycles. The molecule has 0 radical (unpaired) electrons. The van der Waals surface area contributed by atoms with Crippen LogP contribution in [0.25, 0.3) is 0 Å². The molecule has 1 aromatic carbocycles. The molecule has 1 saturated heterocycles. The average molecular weight is 288 g/mol. The zero-order valence-electron chi connectivity index (χ0n) is 7.46. The summed E-state index contributed by atoms with van der Waals surface area (Å²) in [7, 11) is 0. The summed E-state index contributed by atoms with van der Waals surface area (Å²) < 4.78 is 1.21. The van der Waals surface area contributed by atoms with Gasteiger partial charge in [-0.15, -0.1) is 0 Å². The van der Waals surface area contributed by atoms with Gasteiger partial charge in [0, 0.05) is 16.7 Å². The van der Waals surface area contributed by atoms with Gasteiger partial charge in [0.2, 0.25) is 0 Å². The van der Waals surface area contributed by atoms with Crippen molar-refractivity contribution in [3.63, 3.8) is 0 Å². The molecular formula is C10H13IN2. The highest BCUT2D eigenvalue weighted by Crippen LogP contribution is 2.27. The van der Waals surface area contributed by atoms with E-state index in [1.165, 1.54) is 22.1 Å². The first-order chi connectivity index (χ1) is 6.27. The fourth-order valence-corrected chi connectivity index (χ4v) is 2.29. The van der Waals surface area contributed by atoms with Gasteiger partial charge in [0.25, 0.3) is 0 Å². The number of nitrogens with zero attached hydrogens (tertiary/aromatic N) is 1. The minimum atomic E-state index is 0.911. The molecule has 3 heteroatoms. The van der Waals surface area contributed by atoms with Crippen molar-refractivity contribution in [1.29, 1.82) is 0 Å². The zero-order chi connectivity index (χ0) is 9.26. The fourth-order valence-electron chi connectivity index (χ4n) is 1.77. The number of anilines is 2. The standard InChI is InChI=1S/C10H13IN2/c11-8-3-4-10(9(12)7-8)13-5-1-2-6-13/h3-4,7H,1-2,5-6,12H2. The van der Waals surface area contributed by atoms with Crippen LogP contribution in [0.5, 0.6) is 0 Å². The van der Waals surface area contributed by atoms with Gasteiger partial charge >= 0.3 is 0 Å². The number of nitrogen functional groups attached to an aromatic ring is 1. The van der Waals surface area contributed by atoms with Crippen LogP contribution in [-0.2, 0) is 0 Å². The van der Waals surface area contributed by atoms with Gasteiger partial charge in [-0.1, -0.05) is 0 Å². The maximum atomic E-state index is 5.95. The highest BCUT2D eigenvalue weighted by Gasteiger charge is 2.14. The molecule has 1 fully saturated rings. The van der Waals surface area contributed by atoms with E-state index in [9.17, 15) is 0 Å². The van der Waals surface area contributed by atoms with E-state index in [4.69, 9.17) is 5.73 Å². The minimum absolute atomic E-state index is 0.911. The van der Waals surface area contributed by atoms with Gasteiger partial charge < -0.3 is 10.6 Å². The first-order valence-corrected chi connectivity index (χ1v) is 5.65.